The molecule has 2 aromatic rings. The van der Waals surface area contributed by atoms with Crippen molar-refractivity contribution in [2.24, 2.45) is 11.8 Å². The van der Waals surface area contributed by atoms with Crippen LogP contribution < -0.4 is 19.5 Å². The lowest BCUT2D eigenvalue weighted by atomic mass is 9.87. The van der Waals surface area contributed by atoms with E-state index in [4.69, 9.17) is 37.4 Å². The van der Waals surface area contributed by atoms with E-state index in [0.29, 0.717) is 46.8 Å². The van der Waals surface area contributed by atoms with Crippen molar-refractivity contribution in [2.45, 2.75) is 26.2 Å². The molecular weight excluding hydrogens is 491 g/mol. The van der Waals surface area contributed by atoms with Crippen molar-refractivity contribution in [1.29, 1.82) is 0 Å². The van der Waals surface area contributed by atoms with Gasteiger partial charge in [-0.15, -0.1) is 0 Å². The Morgan fingerprint density at radius 2 is 1.69 bits per heavy atom. The maximum absolute atomic E-state index is 13.4. The number of likely N-dealkylation sites (tertiary alicyclic amines) is 1. The molecule has 0 saturated carbocycles. The fourth-order valence-electron chi connectivity index (χ4n) is 4.34. The van der Waals surface area contributed by atoms with Gasteiger partial charge in [0.05, 0.1) is 37.8 Å². The first-order valence-electron chi connectivity index (χ1n) is 11.5. The number of hydrogen-bond donors (Lipinski definition) is 1. The number of rotatable bonds is 9. The molecule has 9 heteroatoms. The van der Waals surface area contributed by atoms with Crippen molar-refractivity contribution in [2.75, 3.05) is 41.0 Å². The second kappa shape index (κ2) is 11.9. The number of nitrogens with one attached hydrogen (secondary N) is 1. The van der Waals surface area contributed by atoms with E-state index in [1.54, 1.807) is 37.3 Å². The van der Waals surface area contributed by atoms with Crippen molar-refractivity contribution < 1.29 is 23.8 Å². The van der Waals surface area contributed by atoms with Crippen molar-refractivity contribution in [3.8, 4) is 17.2 Å². The van der Waals surface area contributed by atoms with Crippen LogP contribution in [0.4, 0.5) is 0 Å². The summed E-state index contributed by atoms with van der Waals surface area (Å²) in [5.74, 6) is 0.837. The number of hydrogen-bond acceptors (Lipinski definition) is 5. The van der Waals surface area contributed by atoms with Gasteiger partial charge in [-0.25, -0.2) is 0 Å². The van der Waals surface area contributed by atoms with Gasteiger partial charge >= 0.3 is 0 Å². The molecule has 1 N–H and O–H groups in total. The summed E-state index contributed by atoms with van der Waals surface area (Å²) in [6.07, 6.45) is 0.871. The van der Waals surface area contributed by atoms with Crippen LogP contribution in [0.5, 0.6) is 17.2 Å². The Balaban J connectivity index is 1.96. The quantitative estimate of drug-likeness (QED) is 0.499. The number of nitrogens with zero attached hydrogens (tertiary/aromatic N) is 1. The fourth-order valence-corrected chi connectivity index (χ4v) is 4.83. The number of ether oxygens (including phenoxy) is 3. The summed E-state index contributed by atoms with van der Waals surface area (Å²) >= 11 is 12.3. The fraction of sp³-hybridized carbons (Fsp3) is 0.462. The smallest absolute Gasteiger partial charge is 0.255 e. The number of carbonyl (C=O) groups is 2. The van der Waals surface area contributed by atoms with E-state index in [9.17, 15) is 9.59 Å². The van der Waals surface area contributed by atoms with Gasteiger partial charge in [0, 0.05) is 30.6 Å². The third-order valence-corrected chi connectivity index (χ3v) is 6.79. The van der Waals surface area contributed by atoms with Gasteiger partial charge in [0.2, 0.25) is 11.7 Å². The van der Waals surface area contributed by atoms with Gasteiger partial charge in [-0.3, -0.25) is 9.59 Å². The monoisotopic (exact) mass is 522 g/mol. The van der Waals surface area contributed by atoms with E-state index in [1.807, 2.05) is 12.1 Å². The number of halogens is 2. The number of benzene rings is 2. The molecule has 35 heavy (non-hydrogen) atoms. The SMILES string of the molecule is COc1cc(C2CN(C(=O)c3ccc(Cl)cc3Cl)CC2C(=O)NCCC(C)C)cc(OC)c1OC. The molecule has 2 unspecified atom stereocenters. The highest BCUT2D eigenvalue weighted by Crippen LogP contribution is 2.43. The van der Waals surface area contributed by atoms with Gasteiger partial charge < -0.3 is 24.4 Å². The molecule has 2 atom stereocenters. The van der Waals surface area contributed by atoms with Crippen LogP contribution in [0.1, 0.15) is 42.1 Å². The first kappa shape index (κ1) is 27.0. The molecule has 0 bridgehead atoms. The van der Waals surface area contributed by atoms with Gasteiger partial charge in [-0.05, 0) is 48.2 Å². The zero-order chi connectivity index (χ0) is 25.7. The number of amides is 2. The highest BCUT2D eigenvalue weighted by Gasteiger charge is 2.41. The van der Waals surface area contributed by atoms with E-state index in [0.717, 1.165) is 12.0 Å². The number of methoxy groups -OCH3 is 3. The first-order valence-corrected chi connectivity index (χ1v) is 12.3. The minimum absolute atomic E-state index is 0.0955. The van der Waals surface area contributed by atoms with E-state index >= 15 is 0 Å². The Labute approximate surface area is 216 Å². The molecule has 1 fully saturated rings. The maximum Gasteiger partial charge on any atom is 0.255 e. The van der Waals surface area contributed by atoms with Gasteiger partial charge in [-0.2, -0.15) is 0 Å². The van der Waals surface area contributed by atoms with Crippen LogP contribution in [-0.2, 0) is 4.79 Å². The molecule has 1 saturated heterocycles. The summed E-state index contributed by atoms with van der Waals surface area (Å²) in [7, 11) is 4.63. The average Bonchev–Trinajstić information content (AvgIpc) is 3.28. The molecule has 2 amide bonds. The Morgan fingerprint density at radius 1 is 1.03 bits per heavy atom. The lowest BCUT2D eigenvalue weighted by molar-refractivity contribution is -0.124. The highest BCUT2D eigenvalue weighted by atomic mass is 35.5. The van der Waals surface area contributed by atoms with Gasteiger partial charge in [0.15, 0.2) is 11.5 Å². The Kier molecular flexibility index (Phi) is 9.14. The van der Waals surface area contributed by atoms with Crippen LogP contribution in [0.3, 0.4) is 0 Å². The normalized spacial score (nSPS) is 17.4. The zero-order valence-corrected chi connectivity index (χ0v) is 22.2. The van der Waals surface area contributed by atoms with Gasteiger partial charge in [0.25, 0.3) is 5.91 Å². The summed E-state index contributed by atoms with van der Waals surface area (Å²) in [5.41, 5.74) is 1.17. The van der Waals surface area contributed by atoms with Crippen LogP contribution in [0.2, 0.25) is 10.0 Å². The molecule has 2 aromatic carbocycles. The van der Waals surface area contributed by atoms with Crippen molar-refractivity contribution >= 4 is 35.0 Å². The largest absolute Gasteiger partial charge is 0.493 e. The van der Waals surface area contributed by atoms with E-state index < -0.39 is 5.92 Å². The van der Waals surface area contributed by atoms with Crippen molar-refractivity contribution in [3.63, 3.8) is 0 Å². The second-order valence-corrected chi connectivity index (χ2v) is 9.82. The molecule has 0 radical (unpaired) electrons. The molecule has 0 spiro atoms. The van der Waals surface area contributed by atoms with E-state index in [2.05, 4.69) is 19.2 Å². The average molecular weight is 523 g/mol. The summed E-state index contributed by atoms with van der Waals surface area (Å²) in [6, 6.07) is 8.45. The minimum Gasteiger partial charge on any atom is -0.493 e. The van der Waals surface area contributed by atoms with Gasteiger partial charge in [0.1, 0.15) is 0 Å². The van der Waals surface area contributed by atoms with E-state index in [1.165, 1.54) is 7.11 Å². The Bertz CT molecular complexity index is 1050. The summed E-state index contributed by atoms with van der Waals surface area (Å²) < 4.78 is 16.5. The topological polar surface area (TPSA) is 77.1 Å². The molecule has 1 aliphatic rings. The minimum atomic E-state index is -0.458. The molecule has 0 aliphatic carbocycles. The van der Waals surface area contributed by atoms with Crippen LogP contribution in [0.15, 0.2) is 30.3 Å². The van der Waals surface area contributed by atoms with Crippen molar-refractivity contribution in [1.82, 2.24) is 10.2 Å². The second-order valence-electron chi connectivity index (χ2n) is 8.98. The van der Waals surface area contributed by atoms with Crippen LogP contribution in [0, 0.1) is 11.8 Å². The molecule has 3 rings (SSSR count). The molecule has 1 heterocycles. The predicted molar refractivity (Wildman–Crippen MR) is 137 cm³/mol. The molecule has 7 nitrogen and oxygen atoms in total. The maximum atomic E-state index is 13.4. The zero-order valence-electron chi connectivity index (χ0n) is 20.7. The highest BCUT2D eigenvalue weighted by molar-refractivity contribution is 6.36. The lowest BCUT2D eigenvalue weighted by Gasteiger charge is -2.21. The summed E-state index contributed by atoms with van der Waals surface area (Å²) in [5, 5.41) is 3.77. The van der Waals surface area contributed by atoms with E-state index in [-0.39, 0.29) is 29.3 Å². The molecule has 190 valence electrons. The molecule has 1 aliphatic heterocycles. The Morgan fingerprint density at radius 3 is 2.23 bits per heavy atom. The Hall–Kier alpha value is -2.64. The predicted octanol–water partition coefficient (Wildman–Crippen LogP) is 5.04. The third-order valence-electron chi connectivity index (χ3n) is 6.24. The summed E-state index contributed by atoms with van der Waals surface area (Å²) in [4.78, 5) is 28.3. The third kappa shape index (κ3) is 6.14. The molecule has 0 aromatic heterocycles. The van der Waals surface area contributed by atoms with Crippen LogP contribution in [-0.4, -0.2) is 57.7 Å². The standard InChI is InChI=1S/C26H32Cl2N2O5/c1-15(2)8-9-29-25(31)20-14-30(26(32)18-7-6-17(27)12-21(18)28)13-19(20)16-10-22(33-3)24(35-5)23(11-16)34-4/h6-7,10-12,15,19-20H,8-9,13-14H2,1-5H3,(H,29,31). The number of carbonyl (C=O) groups excluding carboxylic acids is 2. The van der Waals surface area contributed by atoms with Crippen molar-refractivity contribution in [3.05, 3.63) is 51.5 Å². The van der Waals surface area contributed by atoms with Crippen LogP contribution >= 0.6 is 23.2 Å². The first-order chi connectivity index (χ1) is 16.7. The molecular formula is C26H32Cl2N2O5. The summed E-state index contributed by atoms with van der Waals surface area (Å²) in [6.45, 7) is 5.38. The van der Waals surface area contributed by atoms with Crippen LogP contribution in [0.25, 0.3) is 0 Å². The van der Waals surface area contributed by atoms with Gasteiger partial charge in [-0.1, -0.05) is 37.0 Å². The lowest BCUT2D eigenvalue weighted by Crippen LogP contribution is -2.36.